The van der Waals surface area contributed by atoms with Crippen molar-refractivity contribution in [2.75, 3.05) is 7.11 Å². The van der Waals surface area contributed by atoms with Gasteiger partial charge in [0.25, 0.3) is 0 Å². The Morgan fingerprint density at radius 1 is 0.968 bits per heavy atom. The van der Waals surface area contributed by atoms with Gasteiger partial charge in [-0.25, -0.2) is 4.79 Å². The van der Waals surface area contributed by atoms with Crippen LogP contribution in [-0.2, 0) is 9.53 Å². The van der Waals surface area contributed by atoms with E-state index in [1.54, 1.807) is 0 Å². The highest BCUT2D eigenvalue weighted by Gasteiger charge is 2.44. The number of carbonyl (C=O) groups is 1. The first-order valence-electron chi connectivity index (χ1n) is 12.7. The normalized spacial score (nSPS) is 28.2. The number of hydrogen-bond acceptors (Lipinski definition) is 5. The summed E-state index contributed by atoms with van der Waals surface area (Å²) < 4.78 is 4.59. The number of allylic oxidation sites excluding steroid dienone is 1. The summed E-state index contributed by atoms with van der Waals surface area (Å²) in [6, 6.07) is 0. The third-order valence-electron chi connectivity index (χ3n) is 7.58. The predicted molar refractivity (Wildman–Crippen MR) is 124 cm³/mol. The lowest BCUT2D eigenvalue weighted by molar-refractivity contribution is -0.134. The number of ether oxygens (including phenoxy) is 1. The lowest BCUT2D eigenvalue weighted by atomic mass is 9.81. The summed E-state index contributed by atoms with van der Waals surface area (Å²) >= 11 is 0. The Kier molecular flexibility index (Phi) is 11.6. The van der Waals surface area contributed by atoms with Gasteiger partial charge < -0.3 is 20.1 Å². The fourth-order valence-electron chi connectivity index (χ4n) is 5.53. The molecule has 1 unspecified atom stereocenters. The molecule has 0 amide bonds. The van der Waals surface area contributed by atoms with Gasteiger partial charge in [0.1, 0.15) is 0 Å². The zero-order chi connectivity index (χ0) is 22.7. The maximum Gasteiger partial charge on any atom is 0.330 e. The van der Waals surface area contributed by atoms with E-state index in [4.69, 9.17) is 0 Å². The zero-order valence-corrected chi connectivity index (χ0v) is 19.8. The molecule has 3 N–H and O–H groups in total. The molecule has 0 aromatic heterocycles. The van der Waals surface area contributed by atoms with Crippen LogP contribution in [0.4, 0.5) is 0 Å². The summed E-state index contributed by atoms with van der Waals surface area (Å²) in [5, 5.41) is 32.2. The Morgan fingerprint density at radius 2 is 1.61 bits per heavy atom. The van der Waals surface area contributed by atoms with Crippen molar-refractivity contribution in [1.82, 2.24) is 0 Å². The van der Waals surface area contributed by atoms with Crippen LogP contribution in [0.25, 0.3) is 0 Å². The van der Waals surface area contributed by atoms with E-state index in [2.05, 4.69) is 11.7 Å². The maximum atomic E-state index is 11.2. The molecule has 0 aliphatic heterocycles. The number of aliphatic hydroxyl groups excluding tert-OH is 2. The van der Waals surface area contributed by atoms with Crippen LogP contribution in [0.5, 0.6) is 0 Å². The van der Waals surface area contributed by atoms with E-state index < -0.39 is 17.8 Å². The van der Waals surface area contributed by atoms with Crippen LogP contribution >= 0.6 is 0 Å². The summed E-state index contributed by atoms with van der Waals surface area (Å²) in [4.78, 5) is 11.1. The van der Waals surface area contributed by atoms with E-state index in [1.807, 2.05) is 6.08 Å². The van der Waals surface area contributed by atoms with Crippen molar-refractivity contribution in [3.05, 3.63) is 12.2 Å². The van der Waals surface area contributed by atoms with E-state index in [-0.39, 0.29) is 17.8 Å². The molecule has 2 saturated carbocycles. The van der Waals surface area contributed by atoms with Gasteiger partial charge in [-0.15, -0.1) is 0 Å². The first-order chi connectivity index (χ1) is 14.9. The van der Waals surface area contributed by atoms with Crippen LogP contribution in [0.3, 0.4) is 0 Å². The maximum absolute atomic E-state index is 11.2. The number of methoxy groups -OCH3 is 1. The van der Waals surface area contributed by atoms with E-state index in [9.17, 15) is 20.1 Å². The molecule has 0 bridgehead atoms. The second-order valence-corrected chi connectivity index (χ2v) is 9.99. The molecule has 0 radical (unpaired) electrons. The zero-order valence-electron chi connectivity index (χ0n) is 19.8. The molecule has 0 aromatic rings. The lowest BCUT2D eigenvalue weighted by Crippen LogP contribution is -2.32. The van der Waals surface area contributed by atoms with Crippen molar-refractivity contribution in [2.24, 2.45) is 17.8 Å². The molecule has 5 heteroatoms. The van der Waals surface area contributed by atoms with Crippen molar-refractivity contribution in [2.45, 2.75) is 121 Å². The molecule has 5 atom stereocenters. The number of hydrogen-bond donors (Lipinski definition) is 3. The van der Waals surface area contributed by atoms with Crippen LogP contribution in [0, 0.1) is 17.8 Å². The molecule has 0 aromatic carbocycles. The molecule has 2 aliphatic rings. The van der Waals surface area contributed by atoms with Gasteiger partial charge in [-0.3, -0.25) is 0 Å². The van der Waals surface area contributed by atoms with Gasteiger partial charge in [-0.2, -0.15) is 0 Å². The summed E-state index contributed by atoms with van der Waals surface area (Å²) in [5.74, 6) is 0.412. The molecule has 5 nitrogen and oxygen atoms in total. The number of carbonyl (C=O) groups excluding carboxylic acids is 1. The minimum absolute atomic E-state index is 0.129. The minimum Gasteiger partial charge on any atom is -0.466 e. The smallest absolute Gasteiger partial charge is 0.330 e. The van der Waals surface area contributed by atoms with Crippen LogP contribution in [0.15, 0.2) is 12.2 Å². The van der Waals surface area contributed by atoms with Crippen molar-refractivity contribution < 1.29 is 24.9 Å². The highest BCUT2D eigenvalue weighted by Crippen LogP contribution is 2.46. The van der Waals surface area contributed by atoms with E-state index in [1.165, 1.54) is 32.4 Å². The molecular formula is C26H46O5. The monoisotopic (exact) mass is 438 g/mol. The summed E-state index contributed by atoms with van der Waals surface area (Å²) in [5.41, 5.74) is -0.516. The summed E-state index contributed by atoms with van der Waals surface area (Å²) in [6.45, 7) is 2.21. The van der Waals surface area contributed by atoms with E-state index in [0.717, 1.165) is 70.6 Å². The van der Waals surface area contributed by atoms with Gasteiger partial charge in [0.05, 0.1) is 24.9 Å². The molecule has 0 spiro atoms. The standard InChI is InChI=1S/C26H46O5/c1-3-4-5-10-17-26(30,20-15-16-20)18-11-13-22-21(23(27)19-24(22)28)12-8-6-7-9-14-25(29)31-2/h9,14,20-24,27-28,30H,3-8,10-13,15-19H2,1-2H3/t21-,22-,23-,24-,26?/m1/s1. The van der Waals surface area contributed by atoms with Crippen LogP contribution < -0.4 is 0 Å². The Hall–Kier alpha value is -0.910. The number of aliphatic hydroxyl groups is 3. The largest absolute Gasteiger partial charge is 0.466 e. The Balaban J connectivity index is 1.74. The summed E-state index contributed by atoms with van der Waals surface area (Å²) in [7, 11) is 1.37. The quantitative estimate of drug-likeness (QED) is 0.181. The molecule has 0 heterocycles. The van der Waals surface area contributed by atoms with Crippen molar-refractivity contribution >= 4 is 5.97 Å². The van der Waals surface area contributed by atoms with Crippen molar-refractivity contribution in [3.8, 4) is 0 Å². The topological polar surface area (TPSA) is 87.0 Å². The lowest BCUT2D eigenvalue weighted by Gasteiger charge is -2.30. The molecule has 180 valence electrons. The van der Waals surface area contributed by atoms with Gasteiger partial charge in [0.2, 0.25) is 0 Å². The highest BCUT2D eigenvalue weighted by atomic mass is 16.5. The van der Waals surface area contributed by atoms with Crippen molar-refractivity contribution in [3.63, 3.8) is 0 Å². The van der Waals surface area contributed by atoms with Crippen LogP contribution in [0.1, 0.15) is 103 Å². The summed E-state index contributed by atoms with van der Waals surface area (Å²) in [6.07, 6.45) is 17.2. The fourth-order valence-corrected chi connectivity index (χ4v) is 5.53. The predicted octanol–water partition coefficient (Wildman–Crippen LogP) is 4.92. The molecular weight excluding hydrogens is 392 g/mol. The molecule has 2 fully saturated rings. The highest BCUT2D eigenvalue weighted by molar-refractivity contribution is 5.81. The Labute approximate surface area is 189 Å². The third-order valence-corrected chi connectivity index (χ3v) is 7.58. The average molecular weight is 439 g/mol. The van der Waals surface area contributed by atoms with Crippen molar-refractivity contribution in [1.29, 1.82) is 0 Å². The van der Waals surface area contributed by atoms with Gasteiger partial charge in [-0.1, -0.05) is 51.5 Å². The minimum atomic E-state index is -0.516. The Bertz CT molecular complexity index is 544. The van der Waals surface area contributed by atoms with E-state index in [0.29, 0.717) is 12.3 Å². The van der Waals surface area contributed by atoms with Gasteiger partial charge in [0.15, 0.2) is 0 Å². The fraction of sp³-hybridized carbons (Fsp3) is 0.885. The molecule has 0 saturated heterocycles. The third kappa shape index (κ3) is 8.86. The molecule has 31 heavy (non-hydrogen) atoms. The average Bonchev–Trinajstić information content (AvgIpc) is 3.56. The van der Waals surface area contributed by atoms with Gasteiger partial charge >= 0.3 is 5.97 Å². The van der Waals surface area contributed by atoms with Gasteiger partial charge in [-0.05, 0) is 75.5 Å². The van der Waals surface area contributed by atoms with Gasteiger partial charge in [0, 0.05) is 6.08 Å². The number of esters is 1. The first kappa shape index (κ1) is 26.3. The number of rotatable bonds is 16. The Morgan fingerprint density at radius 3 is 2.23 bits per heavy atom. The first-order valence-corrected chi connectivity index (χ1v) is 12.7. The molecule has 2 aliphatic carbocycles. The van der Waals surface area contributed by atoms with Crippen LogP contribution in [0.2, 0.25) is 0 Å². The SMILES string of the molecule is CCCCCCC(O)(CCC[C@@H]1[C@@H](CCCCC=CC(=O)OC)[C@H](O)C[C@H]1O)C1CC1. The van der Waals surface area contributed by atoms with Crippen LogP contribution in [-0.4, -0.2) is 46.2 Å². The number of unbranched alkanes of at least 4 members (excludes halogenated alkanes) is 5. The molecule has 2 rings (SSSR count). The van der Waals surface area contributed by atoms with E-state index >= 15 is 0 Å². The second kappa shape index (κ2) is 13.6. The second-order valence-electron chi connectivity index (χ2n) is 9.99.